The fourth-order valence-electron chi connectivity index (χ4n) is 3.08. The molecule has 19 heavy (non-hydrogen) atoms. The Labute approximate surface area is 113 Å². The van der Waals surface area contributed by atoms with Gasteiger partial charge < -0.3 is 15.2 Å². The van der Waals surface area contributed by atoms with Gasteiger partial charge in [-0.2, -0.15) is 4.98 Å². The third kappa shape index (κ3) is 2.40. The molecule has 0 aromatic carbocycles. The van der Waals surface area contributed by atoms with E-state index in [-0.39, 0.29) is 11.6 Å². The van der Waals surface area contributed by atoms with Crippen LogP contribution in [0.15, 0.2) is 4.52 Å². The zero-order valence-corrected chi connectivity index (χ0v) is 11.8. The maximum absolute atomic E-state index is 6.36. The van der Waals surface area contributed by atoms with E-state index in [1.165, 1.54) is 0 Å². The average Bonchev–Trinajstić information content (AvgIpc) is 3.02. The molecule has 1 saturated carbocycles. The van der Waals surface area contributed by atoms with Crippen LogP contribution < -0.4 is 5.73 Å². The number of hydrogen-bond donors (Lipinski definition) is 1. The van der Waals surface area contributed by atoms with Crippen LogP contribution in [0.5, 0.6) is 0 Å². The summed E-state index contributed by atoms with van der Waals surface area (Å²) in [6.07, 6.45) is 4.21. The molecule has 0 spiro atoms. The van der Waals surface area contributed by atoms with Crippen molar-refractivity contribution in [2.45, 2.75) is 37.3 Å². The van der Waals surface area contributed by atoms with Gasteiger partial charge in [-0.15, -0.1) is 0 Å². The van der Waals surface area contributed by atoms with Crippen LogP contribution in [-0.2, 0) is 5.54 Å². The van der Waals surface area contributed by atoms with Gasteiger partial charge in [0, 0.05) is 19.6 Å². The Balaban J connectivity index is 1.80. The second-order valence-electron chi connectivity index (χ2n) is 6.08. The lowest BCUT2D eigenvalue weighted by Crippen LogP contribution is -2.45. The molecule has 2 N–H and O–H groups in total. The smallest absolute Gasteiger partial charge is 0.246 e. The van der Waals surface area contributed by atoms with E-state index in [0.29, 0.717) is 5.89 Å². The van der Waals surface area contributed by atoms with Gasteiger partial charge in [-0.1, -0.05) is 18.0 Å². The molecule has 2 fully saturated rings. The largest absolute Gasteiger partial charge is 0.337 e. The molecule has 0 radical (unpaired) electrons. The van der Waals surface area contributed by atoms with Crippen molar-refractivity contribution in [1.82, 2.24) is 19.9 Å². The molecular formula is C13H23N5O. The molecule has 2 aliphatic rings. The van der Waals surface area contributed by atoms with E-state index >= 15 is 0 Å². The molecule has 3 rings (SSSR count). The van der Waals surface area contributed by atoms with Gasteiger partial charge in [0.05, 0.1) is 11.6 Å². The van der Waals surface area contributed by atoms with Crippen molar-refractivity contribution < 1.29 is 4.52 Å². The molecular weight excluding hydrogens is 242 g/mol. The number of likely N-dealkylation sites (N-methyl/N-ethyl adjacent to an activating group) is 2. The first-order valence-corrected chi connectivity index (χ1v) is 7.10. The number of nitrogens with zero attached hydrogens (tertiary/aromatic N) is 4. The molecule has 1 saturated heterocycles. The number of rotatable bonds is 2. The van der Waals surface area contributed by atoms with E-state index < -0.39 is 0 Å². The number of aromatic nitrogens is 2. The Kier molecular flexibility index (Phi) is 3.32. The molecule has 2 heterocycles. The topological polar surface area (TPSA) is 71.4 Å². The molecule has 1 aliphatic heterocycles. The maximum atomic E-state index is 6.36. The minimum absolute atomic E-state index is 0.209. The van der Waals surface area contributed by atoms with Gasteiger partial charge in [0.1, 0.15) is 0 Å². The van der Waals surface area contributed by atoms with Crippen molar-refractivity contribution >= 4 is 0 Å². The van der Waals surface area contributed by atoms with Crippen molar-refractivity contribution in [3.05, 3.63) is 11.7 Å². The van der Waals surface area contributed by atoms with E-state index in [2.05, 4.69) is 34.0 Å². The quantitative estimate of drug-likeness (QED) is 0.849. The maximum Gasteiger partial charge on any atom is 0.246 e. The molecule has 0 bridgehead atoms. The van der Waals surface area contributed by atoms with Crippen LogP contribution >= 0.6 is 0 Å². The van der Waals surface area contributed by atoms with Gasteiger partial charge in [0.15, 0.2) is 5.82 Å². The van der Waals surface area contributed by atoms with Crippen molar-refractivity contribution in [3.8, 4) is 0 Å². The first-order valence-electron chi connectivity index (χ1n) is 7.10. The third-order valence-corrected chi connectivity index (χ3v) is 4.51. The molecule has 1 unspecified atom stereocenters. The molecule has 106 valence electrons. The summed E-state index contributed by atoms with van der Waals surface area (Å²) < 4.78 is 5.46. The van der Waals surface area contributed by atoms with Crippen LogP contribution in [0.3, 0.4) is 0 Å². The highest BCUT2D eigenvalue weighted by molar-refractivity contribution is 5.07. The fraction of sp³-hybridized carbons (Fsp3) is 0.846. The molecule has 6 heteroatoms. The lowest BCUT2D eigenvalue weighted by molar-refractivity contribution is 0.108. The van der Waals surface area contributed by atoms with Crippen LogP contribution in [-0.4, -0.2) is 53.7 Å². The normalized spacial score (nSPS) is 28.9. The van der Waals surface area contributed by atoms with E-state index in [9.17, 15) is 0 Å². The van der Waals surface area contributed by atoms with Crippen molar-refractivity contribution in [2.75, 3.05) is 33.7 Å². The minimum Gasteiger partial charge on any atom is -0.337 e. The SMILES string of the molecule is CN1CCN(C)C(c2noc(C3(N)CCCC3)n2)C1. The lowest BCUT2D eigenvalue weighted by Gasteiger charge is -2.35. The average molecular weight is 265 g/mol. The predicted octanol–water partition coefficient (Wildman–Crippen LogP) is 0.716. The first kappa shape index (κ1) is 13.0. The van der Waals surface area contributed by atoms with Crippen LogP contribution in [0.2, 0.25) is 0 Å². The Morgan fingerprint density at radius 3 is 2.74 bits per heavy atom. The van der Waals surface area contributed by atoms with E-state index in [1.54, 1.807) is 0 Å². The summed E-state index contributed by atoms with van der Waals surface area (Å²) in [6, 6.07) is 0.209. The second-order valence-corrected chi connectivity index (χ2v) is 6.08. The zero-order valence-electron chi connectivity index (χ0n) is 11.8. The summed E-state index contributed by atoms with van der Waals surface area (Å²) in [5.41, 5.74) is 5.98. The number of nitrogens with two attached hydrogens (primary N) is 1. The summed E-state index contributed by atoms with van der Waals surface area (Å²) in [6.45, 7) is 3.05. The van der Waals surface area contributed by atoms with Crippen LogP contribution in [0.25, 0.3) is 0 Å². The van der Waals surface area contributed by atoms with Crippen molar-refractivity contribution in [1.29, 1.82) is 0 Å². The van der Waals surface area contributed by atoms with E-state index in [0.717, 1.165) is 51.1 Å². The van der Waals surface area contributed by atoms with Gasteiger partial charge in [-0.05, 0) is 26.9 Å². The monoisotopic (exact) mass is 265 g/mol. The van der Waals surface area contributed by atoms with E-state index in [4.69, 9.17) is 10.3 Å². The summed E-state index contributed by atoms with van der Waals surface area (Å²) >= 11 is 0. The predicted molar refractivity (Wildman–Crippen MR) is 71.5 cm³/mol. The Hall–Kier alpha value is -0.980. The molecule has 6 nitrogen and oxygen atoms in total. The van der Waals surface area contributed by atoms with Crippen LogP contribution in [0.1, 0.15) is 43.4 Å². The second kappa shape index (κ2) is 4.85. The number of hydrogen-bond acceptors (Lipinski definition) is 6. The molecule has 1 aliphatic carbocycles. The highest BCUT2D eigenvalue weighted by Crippen LogP contribution is 2.36. The molecule has 0 amide bonds. The Morgan fingerprint density at radius 1 is 1.26 bits per heavy atom. The first-order chi connectivity index (χ1) is 9.08. The summed E-state index contributed by atoms with van der Waals surface area (Å²) in [5, 5.41) is 4.18. The highest BCUT2D eigenvalue weighted by Gasteiger charge is 2.38. The van der Waals surface area contributed by atoms with Crippen molar-refractivity contribution in [2.24, 2.45) is 5.73 Å². The Morgan fingerprint density at radius 2 is 2.00 bits per heavy atom. The van der Waals surface area contributed by atoms with Gasteiger partial charge in [-0.3, -0.25) is 4.90 Å². The molecule has 1 aromatic heterocycles. The van der Waals surface area contributed by atoms with Gasteiger partial charge >= 0.3 is 0 Å². The van der Waals surface area contributed by atoms with Gasteiger partial charge in [0.2, 0.25) is 5.89 Å². The van der Waals surface area contributed by atoms with E-state index in [1.807, 2.05) is 0 Å². The molecule has 1 aromatic rings. The Bertz CT molecular complexity index is 440. The van der Waals surface area contributed by atoms with Crippen molar-refractivity contribution in [3.63, 3.8) is 0 Å². The zero-order chi connectivity index (χ0) is 13.5. The standard InChI is InChI=1S/C13H23N5O/c1-17-7-8-18(2)10(9-17)11-15-12(19-16-11)13(14)5-3-4-6-13/h10H,3-9,14H2,1-2H3. The summed E-state index contributed by atoms with van der Waals surface area (Å²) in [4.78, 5) is 9.19. The fourth-order valence-corrected chi connectivity index (χ4v) is 3.08. The van der Waals surface area contributed by atoms with Gasteiger partial charge in [-0.25, -0.2) is 0 Å². The highest BCUT2D eigenvalue weighted by atomic mass is 16.5. The van der Waals surface area contributed by atoms with Crippen LogP contribution in [0, 0.1) is 0 Å². The minimum atomic E-state index is -0.385. The van der Waals surface area contributed by atoms with Crippen LogP contribution in [0.4, 0.5) is 0 Å². The third-order valence-electron chi connectivity index (χ3n) is 4.51. The summed E-state index contributed by atoms with van der Waals surface area (Å²) in [7, 11) is 4.24. The van der Waals surface area contributed by atoms with Gasteiger partial charge in [0.25, 0.3) is 0 Å². The lowest BCUT2D eigenvalue weighted by atomic mass is 9.99. The molecule has 1 atom stereocenters. The number of piperazine rings is 1. The summed E-state index contributed by atoms with van der Waals surface area (Å²) in [5.74, 6) is 1.41.